The van der Waals surface area contributed by atoms with Crippen molar-refractivity contribution < 1.29 is 17.9 Å². The second-order valence-electron chi connectivity index (χ2n) is 4.35. The van der Waals surface area contributed by atoms with E-state index in [1.165, 1.54) is 0 Å². The zero-order chi connectivity index (χ0) is 12.0. The maximum Gasteiger partial charge on any atom is 0.389 e. The largest absolute Gasteiger partial charge is 0.389 e. The first kappa shape index (κ1) is 13.8. The van der Waals surface area contributed by atoms with Crippen molar-refractivity contribution >= 4 is 0 Å². The molecule has 0 aromatic heterocycles. The quantitative estimate of drug-likeness (QED) is 0.796. The Morgan fingerprint density at radius 3 is 2.44 bits per heavy atom. The van der Waals surface area contributed by atoms with E-state index in [1.807, 2.05) is 7.05 Å². The molecular weight excluding hydrogens is 219 g/mol. The lowest BCUT2D eigenvalue weighted by Crippen LogP contribution is -2.37. The lowest BCUT2D eigenvalue weighted by atomic mass is 9.88. The molecule has 1 saturated heterocycles. The number of nitrogens with one attached hydrogen (secondary N) is 1. The summed E-state index contributed by atoms with van der Waals surface area (Å²) in [5.74, 6) is 0.465. The van der Waals surface area contributed by atoms with E-state index >= 15 is 0 Å². The Bertz CT molecular complexity index is 190. The number of halogens is 3. The first-order valence-electron chi connectivity index (χ1n) is 5.84. The van der Waals surface area contributed by atoms with Crippen LogP contribution in [0.25, 0.3) is 0 Å². The van der Waals surface area contributed by atoms with Crippen LogP contribution in [0.5, 0.6) is 0 Å². The topological polar surface area (TPSA) is 21.3 Å². The molecule has 1 unspecified atom stereocenters. The van der Waals surface area contributed by atoms with Crippen LogP contribution in [0.3, 0.4) is 0 Å². The third kappa shape index (κ3) is 5.16. The van der Waals surface area contributed by atoms with Gasteiger partial charge in [0.15, 0.2) is 0 Å². The fraction of sp³-hybridized carbons (Fsp3) is 1.00. The molecule has 0 aromatic carbocycles. The van der Waals surface area contributed by atoms with Crippen LogP contribution in [0.1, 0.15) is 32.1 Å². The number of hydrogen-bond acceptors (Lipinski definition) is 2. The van der Waals surface area contributed by atoms with Gasteiger partial charge in [-0.2, -0.15) is 13.2 Å². The van der Waals surface area contributed by atoms with Gasteiger partial charge in [0.05, 0.1) is 0 Å². The summed E-state index contributed by atoms with van der Waals surface area (Å²) >= 11 is 0. The number of alkyl halides is 3. The average Bonchev–Trinajstić information content (AvgIpc) is 2.24. The Balaban J connectivity index is 2.25. The van der Waals surface area contributed by atoms with Gasteiger partial charge in [-0.3, -0.25) is 0 Å². The Morgan fingerprint density at radius 2 is 1.94 bits per heavy atom. The van der Waals surface area contributed by atoms with Crippen LogP contribution in [-0.4, -0.2) is 32.5 Å². The smallest absolute Gasteiger partial charge is 0.381 e. The van der Waals surface area contributed by atoms with Gasteiger partial charge >= 0.3 is 6.18 Å². The maximum atomic E-state index is 12.0. The summed E-state index contributed by atoms with van der Waals surface area (Å²) in [4.78, 5) is 0. The Hall–Kier alpha value is -0.290. The molecule has 1 fully saturated rings. The van der Waals surface area contributed by atoms with Crippen LogP contribution in [0.2, 0.25) is 0 Å². The normalized spacial score (nSPS) is 21.0. The molecule has 1 rings (SSSR count). The van der Waals surface area contributed by atoms with E-state index in [4.69, 9.17) is 4.74 Å². The minimum Gasteiger partial charge on any atom is -0.381 e. The van der Waals surface area contributed by atoms with Crippen molar-refractivity contribution in [1.29, 1.82) is 0 Å². The molecule has 0 bridgehead atoms. The van der Waals surface area contributed by atoms with Crippen LogP contribution in [-0.2, 0) is 4.74 Å². The van der Waals surface area contributed by atoms with E-state index in [1.54, 1.807) is 0 Å². The molecule has 1 atom stereocenters. The van der Waals surface area contributed by atoms with Gasteiger partial charge in [0.25, 0.3) is 0 Å². The number of ether oxygens (including phenoxy) is 1. The minimum absolute atomic E-state index is 0.200. The fourth-order valence-corrected chi connectivity index (χ4v) is 2.26. The van der Waals surface area contributed by atoms with Crippen molar-refractivity contribution in [2.24, 2.45) is 5.92 Å². The number of hydrogen-bond donors (Lipinski definition) is 1. The predicted octanol–water partition coefficient (Wildman–Crippen LogP) is 2.73. The molecule has 5 heteroatoms. The first-order valence-corrected chi connectivity index (χ1v) is 5.84. The van der Waals surface area contributed by atoms with E-state index < -0.39 is 12.6 Å². The highest BCUT2D eigenvalue weighted by Crippen LogP contribution is 2.26. The zero-order valence-electron chi connectivity index (χ0n) is 9.65. The van der Waals surface area contributed by atoms with Crippen molar-refractivity contribution in [1.82, 2.24) is 5.32 Å². The lowest BCUT2D eigenvalue weighted by molar-refractivity contribution is -0.136. The summed E-state index contributed by atoms with van der Waals surface area (Å²) < 4.78 is 41.3. The van der Waals surface area contributed by atoms with Crippen LogP contribution >= 0.6 is 0 Å². The Labute approximate surface area is 94.5 Å². The fourth-order valence-electron chi connectivity index (χ4n) is 2.26. The van der Waals surface area contributed by atoms with Crippen LogP contribution < -0.4 is 5.32 Å². The van der Waals surface area contributed by atoms with E-state index in [2.05, 4.69) is 5.32 Å². The average molecular weight is 239 g/mol. The monoisotopic (exact) mass is 239 g/mol. The third-order valence-electron chi connectivity index (χ3n) is 3.18. The molecule has 1 aliphatic rings. The summed E-state index contributed by atoms with van der Waals surface area (Å²) in [5.41, 5.74) is 0. The maximum absolute atomic E-state index is 12.0. The molecule has 1 N–H and O–H groups in total. The second kappa shape index (κ2) is 6.45. The molecule has 1 aliphatic heterocycles. The highest BCUT2D eigenvalue weighted by molar-refractivity contribution is 4.77. The highest BCUT2D eigenvalue weighted by atomic mass is 19.4. The SMILES string of the molecule is CNC(CCCC(F)(F)F)C1CCOCC1. The molecule has 2 nitrogen and oxygen atoms in total. The predicted molar refractivity (Wildman–Crippen MR) is 56.3 cm³/mol. The van der Waals surface area contributed by atoms with Gasteiger partial charge in [-0.05, 0) is 38.6 Å². The van der Waals surface area contributed by atoms with Gasteiger partial charge in [0.1, 0.15) is 0 Å². The van der Waals surface area contributed by atoms with Crippen molar-refractivity contribution in [3.63, 3.8) is 0 Å². The lowest BCUT2D eigenvalue weighted by Gasteiger charge is -2.30. The standard InChI is InChI=1S/C11H20F3NO/c1-15-10(3-2-6-11(12,13)14)9-4-7-16-8-5-9/h9-10,15H,2-8H2,1H3. The third-order valence-corrected chi connectivity index (χ3v) is 3.18. The molecule has 0 aromatic rings. The molecule has 0 saturated carbocycles. The summed E-state index contributed by atoms with van der Waals surface area (Å²) in [6.45, 7) is 1.48. The molecule has 96 valence electrons. The molecular formula is C11H20F3NO. The highest BCUT2D eigenvalue weighted by Gasteiger charge is 2.28. The van der Waals surface area contributed by atoms with Crippen molar-refractivity contribution in [3.8, 4) is 0 Å². The Kier molecular flexibility index (Phi) is 5.55. The minimum atomic E-state index is -4.02. The van der Waals surface area contributed by atoms with Crippen molar-refractivity contribution in [3.05, 3.63) is 0 Å². The molecule has 16 heavy (non-hydrogen) atoms. The van der Waals surface area contributed by atoms with Gasteiger partial charge in [-0.15, -0.1) is 0 Å². The van der Waals surface area contributed by atoms with Crippen LogP contribution in [0.15, 0.2) is 0 Å². The van der Waals surface area contributed by atoms with Crippen LogP contribution in [0, 0.1) is 5.92 Å². The molecule has 0 aliphatic carbocycles. The van der Waals surface area contributed by atoms with Crippen molar-refractivity contribution in [2.45, 2.75) is 44.3 Å². The van der Waals surface area contributed by atoms with E-state index in [-0.39, 0.29) is 12.5 Å². The van der Waals surface area contributed by atoms with E-state index in [0.717, 1.165) is 26.1 Å². The van der Waals surface area contributed by atoms with Gasteiger partial charge in [0, 0.05) is 25.7 Å². The number of rotatable bonds is 5. The van der Waals surface area contributed by atoms with Crippen molar-refractivity contribution in [2.75, 3.05) is 20.3 Å². The summed E-state index contributed by atoms with van der Waals surface area (Å²) in [6, 6.07) is 0.200. The van der Waals surface area contributed by atoms with E-state index in [9.17, 15) is 13.2 Å². The zero-order valence-corrected chi connectivity index (χ0v) is 9.65. The van der Waals surface area contributed by atoms with Gasteiger partial charge in [-0.1, -0.05) is 0 Å². The molecule has 0 spiro atoms. The summed E-state index contributed by atoms with van der Waals surface area (Å²) in [7, 11) is 1.83. The van der Waals surface area contributed by atoms with Gasteiger partial charge in [-0.25, -0.2) is 0 Å². The van der Waals surface area contributed by atoms with Gasteiger partial charge in [0.2, 0.25) is 0 Å². The summed E-state index contributed by atoms with van der Waals surface area (Å²) in [5, 5.41) is 3.14. The van der Waals surface area contributed by atoms with E-state index in [0.29, 0.717) is 12.3 Å². The van der Waals surface area contributed by atoms with Crippen LogP contribution in [0.4, 0.5) is 13.2 Å². The molecule has 0 radical (unpaired) electrons. The summed E-state index contributed by atoms with van der Waals surface area (Å²) in [6.07, 6.45) is -1.97. The molecule has 1 heterocycles. The Morgan fingerprint density at radius 1 is 1.31 bits per heavy atom. The molecule has 0 amide bonds. The second-order valence-corrected chi connectivity index (χ2v) is 4.35. The van der Waals surface area contributed by atoms with Gasteiger partial charge < -0.3 is 10.1 Å². The first-order chi connectivity index (χ1) is 7.53.